The lowest BCUT2D eigenvalue weighted by Gasteiger charge is -2.27. The number of aromatic nitrogens is 2. The predicted octanol–water partition coefficient (Wildman–Crippen LogP) is 2.80. The SMILES string of the molecule is Cc1n[nH]c(C)c1C(O)=C1C(=O)C(=O)N(CCN(C)C)[C@H]1c1cccc(OC(C)C)c1. The Morgan fingerprint density at radius 2 is 2.00 bits per heavy atom. The lowest BCUT2D eigenvalue weighted by Crippen LogP contribution is -2.35. The summed E-state index contributed by atoms with van der Waals surface area (Å²) < 4.78 is 5.82. The summed E-state index contributed by atoms with van der Waals surface area (Å²) in [6.45, 7) is 8.30. The molecule has 0 saturated carbocycles. The van der Waals surface area contributed by atoms with Crippen molar-refractivity contribution in [2.45, 2.75) is 39.8 Å². The van der Waals surface area contributed by atoms with E-state index in [1.165, 1.54) is 4.90 Å². The molecular weight excluding hydrogens is 396 g/mol. The maximum absolute atomic E-state index is 13.1. The van der Waals surface area contributed by atoms with Crippen LogP contribution in [0.25, 0.3) is 5.76 Å². The molecule has 1 aliphatic heterocycles. The van der Waals surface area contributed by atoms with Crippen molar-refractivity contribution in [3.05, 3.63) is 52.4 Å². The van der Waals surface area contributed by atoms with Gasteiger partial charge in [-0.2, -0.15) is 5.10 Å². The van der Waals surface area contributed by atoms with Crippen LogP contribution in [0.15, 0.2) is 29.8 Å². The van der Waals surface area contributed by atoms with Crippen molar-refractivity contribution >= 4 is 17.4 Å². The number of ketones is 1. The average molecular weight is 427 g/mol. The molecule has 0 aliphatic carbocycles. The highest BCUT2D eigenvalue weighted by atomic mass is 16.5. The molecule has 1 aromatic carbocycles. The Morgan fingerprint density at radius 3 is 2.58 bits per heavy atom. The van der Waals surface area contributed by atoms with E-state index in [1.807, 2.05) is 57.1 Å². The molecule has 1 aromatic heterocycles. The summed E-state index contributed by atoms with van der Waals surface area (Å²) in [7, 11) is 3.81. The predicted molar refractivity (Wildman–Crippen MR) is 118 cm³/mol. The van der Waals surface area contributed by atoms with Gasteiger partial charge in [0.15, 0.2) is 0 Å². The molecule has 1 saturated heterocycles. The number of likely N-dealkylation sites (tertiary alicyclic amines) is 1. The molecule has 0 radical (unpaired) electrons. The van der Waals surface area contributed by atoms with E-state index in [2.05, 4.69) is 10.2 Å². The van der Waals surface area contributed by atoms with Gasteiger partial charge in [-0.05, 0) is 59.5 Å². The Bertz CT molecular complexity index is 1000. The summed E-state index contributed by atoms with van der Waals surface area (Å²) in [6.07, 6.45) is -0.0217. The van der Waals surface area contributed by atoms with E-state index < -0.39 is 17.7 Å². The molecule has 1 aliphatic rings. The van der Waals surface area contributed by atoms with E-state index in [9.17, 15) is 14.7 Å². The van der Waals surface area contributed by atoms with E-state index in [0.717, 1.165) is 0 Å². The lowest BCUT2D eigenvalue weighted by molar-refractivity contribution is -0.140. The van der Waals surface area contributed by atoms with E-state index >= 15 is 0 Å². The standard InChI is InChI=1S/C23H30N4O4/c1-13(2)31-17-9-7-8-16(12-17)20-19(21(28)18-14(3)24-25-15(18)4)22(29)23(30)27(20)11-10-26(5)6/h7-9,12-13,20,28H,10-11H2,1-6H3,(H,24,25)/t20-/m0/s1. The van der Waals surface area contributed by atoms with Crippen molar-refractivity contribution in [1.29, 1.82) is 0 Å². The quantitative estimate of drug-likeness (QED) is 0.401. The van der Waals surface area contributed by atoms with Crippen molar-refractivity contribution in [1.82, 2.24) is 20.0 Å². The number of aliphatic hydroxyl groups is 1. The Hall–Kier alpha value is -3.13. The van der Waals surface area contributed by atoms with Crippen molar-refractivity contribution < 1.29 is 19.4 Å². The van der Waals surface area contributed by atoms with Crippen LogP contribution in [0, 0.1) is 13.8 Å². The van der Waals surface area contributed by atoms with Gasteiger partial charge in [0, 0.05) is 18.8 Å². The third kappa shape index (κ3) is 4.49. The van der Waals surface area contributed by atoms with Gasteiger partial charge in [-0.25, -0.2) is 0 Å². The van der Waals surface area contributed by atoms with E-state index in [0.29, 0.717) is 41.4 Å². The fourth-order valence-corrected chi connectivity index (χ4v) is 3.83. The van der Waals surface area contributed by atoms with Gasteiger partial charge in [0.1, 0.15) is 11.5 Å². The van der Waals surface area contributed by atoms with Crippen molar-refractivity contribution in [2.24, 2.45) is 0 Å². The van der Waals surface area contributed by atoms with Gasteiger partial charge in [-0.15, -0.1) is 0 Å². The van der Waals surface area contributed by atoms with Crippen LogP contribution in [-0.4, -0.2) is 70.1 Å². The van der Waals surface area contributed by atoms with Crippen LogP contribution in [0.1, 0.15) is 42.4 Å². The molecule has 1 amide bonds. The molecule has 2 heterocycles. The van der Waals surface area contributed by atoms with Gasteiger partial charge >= 0.3 is 0 Å². The zero-order chi connectivity index (χ0) is 22.9. The normalized spacial score (nSPS) is 18.5. The minimum absolute atomic E-state index is 0.0217. The number of carbonyl (C=O) groups excluding carboxylic acids is 2. The van der Waals surface area contributed by atoms with Crippen LogP contribution < -0.4 is 4.74 Å². The molecule has 0 unspecified atom stereocenters. The number of aliphatic hydroxyl groups excluding tert-OH is 1. The van der Waals surface area contributed by atoms with Crippen LogP contribution in [0.3, 0.4) is 0 Å². The molecule has 1 atom stereocenters. The second-order valence-corrected chi connectivity index (χ2v) is 8.34. The monoisotopic (exact) mass is 426 g/mol. The Morgan fingerprint density at radius 1 is 1.29 bits per heavy atom. The fourth-order valence-electron chi connectivity index (χ4n) is 3.83. The number of Topliss-reactive ketones (excluding diaryl/α,β-unsaturated/α-hetero) is 1. The summed E-state index contributed by atoms with van der Waals surface area (Å²) in [6, 6.07) is 6.60. The highest BCUT2D eigenvalue weighted by Crippen LogP contribution is 2.40. The van der Waals surface area contributed by atoms with Gasteiger partial charge in [-0.1, -0.05) is 12.1 Å². The number of aromatic amines is 1. The first-order chi connectivity index (χ1) is 14.6. The minimum Gasteiger partial charge on any atom is -0.507 e. The van der Waals surface area contributed by atoms with Crippen molar-refractivity contribution in [3.8, 4) is 5.75 Å². The van der Waals surface area contributed by atoms with E-state index in [4.69, 9.17) is 4.74 Å². The molecule has 8 heteroatoms. The number of ether oxygens (including phenoxy) is 1. The van der Waals surface area contributed by atoms with E-state index in [1.54, 1.807) is 13.8 Å². The molecule has 8 nitrogen and oxygen atoms in total. The number of amides is 1. The number of rotatable bonds is 7. The third-order valence-electron chi connectivity index (χ3n) is 5.24. The number of H-pyrrole nitrogens is 1. The highest BCUT2D eigenvalue weighted by Gasteiger charge is 2.46. The highest BCUT2D eigenvalue weighted by molar-refractivity contribution is 6.46. The molecular formula is C23H30N4O4. The maximum Gasteiger partial charge on any atom is 0.295 e. The molecule has 3 rings (SSSR count). The number of nitrogens with zero attached hydrogens (tertiary/aromatic N) is 3. The molecule has 0 bridgehead atoms. The molecule has 2 N–H and O–H groups in total. The van der Waals surface area contributed by atoms with E-state index in [-0.39, 0.29) is 17.4 Å². The molecule has 1 fully saturated rings. The molecule has 31 heavy (non-hydrogen) atoms. The number of aryl methyl sites for hydroxylation is 2. The Kier molecular flexibility index (Phi) is 6.50. The fraction of sp³-hybridized carbons (Fsp3) is 0.435. The Labute approximate surface area is 182 Å². The maximum atomic E-state index is 13.1. The summed E-state index contributed by atoms with van der Waals surface area (Å²) in [5, 5.41) is 18.1. The summed E-state index contributed by atoms with van der Waals surface area (Å²) >= 11 is 0. The van der Waals surface area contributed by atoms with Gasteiger partial charge in [0.05, 0.1) is 29.0 Å². The molecule has 166 valence electrons. The summed E-state index contributed by atoms with van der Waals surface area (Å²) in [5.74, 6) is -0.894. The van der Waals surface area contributed by atoms with Crippen LogP contribution in [-0.2, 0) is 9.59 Å². The second kappa shape index (κ2) is 8.93. The van der Waals surface area contributed by atoms with Crippen LogP contribution in [0.4, 0.5) is 0 Å². The average Bonchev–Trinajstić information content (AvgIpc) is 3.15. The minimum atomic E-state index is -0.718. The lowest BCUT2D eigenvalue weighted by atomic mass is 9.94. The summed E-state index contributed by atoms with van der Waals surface area (Å²) in [5.41, 5.74) is 2.41. The van der Waals surface area contributed by atoms with Gasteiger partial charge in [-0.3, -0.25) is 14.7 Å². The van der Waals surface area contributed by atoms with Gasteiger partial charge in [0.2, 0.25) is 0 Å². The largest absolute Gasteiger partial charge is 0.507 e. The smallest absolute Gasteiger partial charge is 0.295 e. The van der Waals surface area contributed by atoms with Gasteiger partial charge < -0.3 is 19.6 Å². The number of nitrogens with one attached hydrogen (secondary N) is 1. The summed E-state index contributed by atoms with van der Waals surface area (Å²) in [4.78, 5) is 29.5. The van der Waals surface area contributed by atoms with Crippen molar-refractivity contribution in [3.63, 3.8) is 0 Å². The first-order valence-corrected chi connectivity index (χ1v) is 10.3. The van der Waals surface area contributed by atoms with Crippen molar-refractivity contribution in [2.75, 3.05) is 27.2 Å². The van der Waals surface area contributed by atoms with Gasteiger partial charge in [0.25, 0.3) is 11.7 Å². The second-order valence-electron chi connectivity index (χ2n) is 8.34. The Balaban J connectivity index is 2.17. The number of likely N-dealkylation sites (N-methyl/N-ethyl adjacent to an activating group) is 1. The first kappa shape index (κ1) is 22.6. The topological polar surface area (TPSA) is 98.8 Å². The zero-order valence-electron chi connectivity index (χ0n) is 18.9. The molecule has 0 spiro atoms. The number of hydrogen-bond acceptors (Lipinski definition) is 6. The number of benzene rings is 1. The van der Waals surface area contributed by atoms with Crippen LogP contribution in [0.2, 0.25) is 0 Å². The molecule has 2 aromatic rings. The third-order valence-corrected chi connectivity index (χ3v) is 5.24. The van der Waals surface area contributed by atoms with Crippen LogP contribution in [0.5, 0.6) is 5.75 Å². The van der Waals surface area contributed by atoms with Crippen LogP contribution >= 0.6 is 0 Å². The number of carbonyl (C=O) groups is 2. The number of hydrogen-bond donors (Lipinski definition) is 2. The first-order valence-electron chi connectivity index (χ1n) is 10.3. The zero-order valence-corrected chi connectivity index (χ0v) is 18.9.